The van der Waals surface area contributed by atoms with Crippen LogP contribution in [0.4, 0.5) is 0 Å². The number of nitrogens with one attached hydrogen (secondary N) is 2. The zero-order valence-corrected chi connectivity index (χ0v) is 11.2. The second-order valence-corrected chi connectivity index (χ2v) is 5.75. The second kappa shape index (κ2) is 4.72. The average molecular weight is 227 g/mol. The van der Waals surface area contributed by atoms with E-state index in [1.165, 1.54) is 0 Å². The van der Waals surface area contributed by atoms with Gasteiger partial charge in [0.2, 0.25) is 5.91 Å². The zero-order valence-electron chi connectivity index (χ0n) is 11.2. The predicted octanol–water partition coefficient (Wildman–Crippen LogP) is 0.585. The van der Waals surface area contributed by atoms with Crippen molar-refractivity contribution in [2.75, 3.05) is 27.2 Å². The number of carbonyl (C=O) groups excluding carboxylic acids is 1. The van der Waals surface area contributed by atoms with E-state index in [2.05, 4.69) is 29.4 Å². The summed E-state index contributed by atoms with van der Waals surface area (Å²) in [6.45, 7) is 7.85. The minimum atomic E-state index is -0.359. The molecule has 1 saturated heterocycles. The Morgan fingerprint density at radius 1 is 1.50 bits per heavy atom. The van der Waals surface area contributed by atoms with Crippen molar-refractivity contribution in [3.63, 3.8) is 0 Å². The molecule has 16 heavy (non-hydrogen) atoms. The van der Waals surface area contributed by atoms with E-state index in [1.807, 2.05) is 21.0 Å². The highest BCUT2D eigenvalue weighted by molar-refractivity contribution is 5.86. The van der Waals surface area contributed by atoms with Crippen LogP contribution in [-0.2, 0) is 4.79 Å². The van der Waals surface area contributed by atoms with Crippen LogP contribution in [-0.4, -0.2) is 49.1 Å². The van der Waals surface area contributed by atoms with Gasteiger partial charge in [0.05, 0.1) is 5.54 Å². The molecule has 1 heterocycles. The van der Waals surface area contributed by atoms with Gasteiger partial charge in [0.1, 0.15) is 0 Å². The number of likely N-dealkylation sites (N-methyl/N-ethyl adjacent to an activating group) is 1. The van der Waals surface area contributed by atoms with Crippen LogP contribution in [0.1, 0.15) is 33.6 Å². The van der Waals surface area contributed by atoms with Crippen molar-refractivity contribution < 1.29 is 4.79 Å². The monoisotopic (exact) mass is 227 g/mol. The Labute approximate surface area is 98.8 Å². The summed E-state index contributed by atoms with van der Waals surface area (Å²) in [5.74, 6) is 0.125. The van der Waals surface area contributed by atoms with Gasteiger partial charge in [-0.05, 0) is 54.3 Å². The molecule has 1 rings (SSSR count). The Bertz CT molecular complexity index is 255. The molecule has 1 atom stereocenters. The van der Waals surface area contributed by atoms with E-state index in [1.54, 1.807) is 0 Å². The van der Waals surface area contributed by atoms with Gasteiger partial charge in [-0.25, -0.2) is 0 Å². The van der Waals surface area contributed by atoms with Gasteiger partial charge in [-0.15, -0.1) is 0 Å². The standard InChI is InChI=1S/C12H25N3O/c1-11(2,15(4)5)9-13-10(16)12(3)7-6-8-14-12/h14H,6-9H2,1-5H3,(H,13,16). The smallest absolute Gasteiger partial charge is 0.240 e. The molecule has 0 aromatic heterocycles. The van der Waals surface area contributed by atoms with Gasteiger partial charge in [-0.3, -0.25) is 4.79 Å². The Morgan fingerprint density at radius 3 is 2.56 bits per heavy atom. The first kappa shape index (κ1) is 13.5. The third-order valence-electron chi connectivity index (χ3n) is 3.76. The highest BCUT2D eigenvalue weighted by Gasteiger charge is 2.36. The second-order valence-electron chi connectivity index (χ2n) is 5.75. The van der Waals surface area contributed by atoms with Crippen molar-refractivity contribution in [2.24, 2.45) is 0 Å². The molecule has 4 nitrogen and oxygen atoms in total. The van der Waals surface area contributed by atoms with Gasteiger partial charge < -0.3 is 15.5 Å². The number of hydrogen-bond acceptors (Lipinski definition) is 3. The Kier molecular flexibility index (Phi) is 3.97. The van der Waals surface area contributed by atoms with Gasteiger partial charge in [0.25, 0.3) is 0 Å². The van der Waals surface area contributed by atoms with Gasteiger partial charge >= 0.3 is 0 Å². The van der Waals surface area contributed by atoms with E-state index < -0.39 is 0 Å². The van der Waals surface area contributed by atoms with Crippen LogP contribution in [0.3, 0.4) is 0 Å². The molecular weight excluding hydrogens is 202 g/mol. The SMILES string of the molecule is CN(C)C(C)(C)CNC(=O)C1(C)CCCN1. The van der Waals surface area contributed by atoms with Crippen LogP contribution >= 0.6 is 0 Å². The van der Waals surface area contributed by atoms with Gasteiger partial charge in [-0.1, -0.05) is 0 Å². The highest BCUT2D eigenvalue weighted by Crippen LogP contribution is 2.18. The van der Waals surface area contributed by atoms with Gasteiger partial charge in [-0.2, -0.15) is 0 Å². The molecule has 0 spiro atoms. The minimum absolute atomic E-state index is 0.00930. The van der Waals surface area contributed by atoms with Crippen LogP contribution in [0, 0.1) is 0 Å². The Balaban J connectivity index is 2.47. The molecule has 94 valence electrons. The fraction of sp³-hybridized carbons (Fsp3) is 0.917. The van der Waals surface area contributed by atoms with Crippen LogP contribution in [0.5, 0.6) is 0 Å². The molecule has 1 amide bonds. The van der Waals surface area contributed by atoms with Crippen LogP contribution in [0.15, 0.2) is 0 Å². The summed E-state index contributed by atoms with van der Waals surface area (Å²) in [5.41, 5.74) is -0.368. The van der Waals surface area contributed by atoms with E-state index in [4.69, 9.17) is 0 Å². The number of carbonyl (C=O) groups is 1. The normalized spacial score (nSPS) is 26.1. The molecule has 0 aromatic rings. The van der Waals surface area contributed by atoms with E-state index in [9.17, 15) is 4.79 Å². The first-order valence-electron chi connectivity index (χ1n) is 5.99. The van der Waals surface area contributed by atoms with E-state index in [0.29, 0.717) is 6.54 Å². The molecule has 1 aliphatic rings. The summed E-state index contributed by atoms with van der Waals surface area (Å²) in [6.07, 6.45) is 2.02. The molecule has 0 saturated carbocycles. The number of nitrogens with zero attached hydrogens (tertiary/aromatic N) is 1. The molecule has 1 aliphatic heterocycles. The largest absolute Gasteiger partial charge is 0.353 e. The van der Waals surface area contributed by atoms with E-state index in [-0.39, 0.29) is 17.0 Å². The fourth-order valence-corrected chi connectivity index (χ4v) is 1.74. The predicted molar refractivity (Wildman–Crippen MR) is 66.4 cm³/mol. The molecule has 0 aromatic carbocycles. The lowest BCUT2D eigenvalue weighted by Crippen LogP contribution is -2.56. The fourth-order valence-electron chi connectivity index (χ4n) is 1.74. The summed E-state index contributed by atoms with van der Waals surface area (Å²) >= 11 is 0. The molecule has 2 N–H and O–H groups in total. The Hall–Kier alpha value is -0.610. The average Bonchev–Trinajstić information content (AvgIpc) is 2.62. The van der Waals surface area contributed by atoms with Gasteiger partial charge in [0.15, 0.2) is 0 Å². The number of hydrogen-bond donors (Lipinski definition) is 2. The Morgan fingerprint density at radius 2 is 2.12 bits per heavy atom. The minimum Gasteiger partial charge on any atom is -0.353 e. The molecular formula is C12H25N3O. The topological polar surface area (TPSA) is 44.4 Å². The molecule has 4 heteroatoms. The summed E-state index contributed by atoms with van der Waals surface area (Å²) in [4.78, 5) is 14.2. The molecule has 0 radical (unpaired) electrons. The summed E-state index contributed by atoms with van der Waals surface area (Å²) in [7, 11) is 4.06. The summed E-state index contributed by atoms with van der Waals surface area (Å²) < 4.78 is 0. The summed E-state index contributed by atoms with van der Waals surface area (Å²) in [5, 5.41) is 6.32. The summed E-state index contributed by atoms with van der Waals surface area (Å²) in [6, 6.07) is 0. The lowest BCUT2D eigenvalue weighted by Gasteiger charge is -2.34. The third kappa shape index (κ3) is 2.95. The molecule has 1 unspecified atom stereocenters. The van der Waals surface area contributed by atoms with Crippen LogP contribution in [0.25, 0.3) is 0 Å². The van der Waals surface area contributed by atoms with Crippen molar-refractivity contribution in [3.8, 4) is 0 Å². The molecule has 0 bridgehead atoms. The zero-order chi connectivity index (χ0) is 12.4. The highest BCUT2D eigenvalue weighted by atomic mass is 16.2. The van der Waals surface area contributed by atoms with Crippen LogP contribution in [0.2, 0.25) is 0 Å². The molecule has 1 fully saturated rings. The number of amides is 1. The number of rotatable bonds is 4. The van der Waals surface area contributed by atoms with E-state index in [0.717, 1.165) is 19.4 Å². The maximum Gasteiger partial charge on any atom is 0.240 e. The van der Waals surface area contributed by atoms with Crippen molar-refractivity contribution in [1.29, 1.82) is 0 Å². The van der Waals surface area contributed by atoms with Crippen molar-refractivity contribution in [3.05, 3.63) is 0 Å². The molecule has 0 aliphatic carbocycles. The maximum absolute atomic E-state index is 12.0. The van der Waals surface area contributed by atoms with Crippen molar-refractivity contribution in [1.82, 2.24) is 15.5 Å². The van der Waals surface area contributed by atoms with Crippen molar-refractivity contribution >= 4 is 5.91 Å². The lowest BCUT2D eigenvalue weighted by molar-refractivity contribution is -0.127. The van der Waals surface area contributed by atoms with Crippen molar-refractivity contribution in [2.45, 2.75) is 44.7 Å². The maximum atomic E-state index is 12.0. The van der Waals surface area contributed by atoms with E-state index >= 15 is 0 Å². The quantitative estimate of drug-likeness (QED) is 0.738. The first-order chi connectivity index (χ1) is 7.28. The lowest BCUT2D eigenvalue weighted by atomic mass is 9.98. The first-order valence-corrected chi connectivity index (χ1v) is 5.99. The van der Waals surface area contributed by atoms with Gasteiger partial charge in [0, 0.05) is 12.1 Å². The van der Waals surface area contributed by atoms with Crippen LogP contribution < -0.4 is 10.6 Å². The third-order valence-corrected chi connectivity index (χ3v) is 3.76.